The minimum atomic E-state index is -0.349. The van der Waals surface area contributed by atoms with E-state index < -0.39 is 0 Å². The van der Waals surface area contributed by atoms with E-state index in [4.69, 9.17) is 4.42 Å². The standard InChI is InChI=1S/C14H11BrFNO2/c15-11-3-5-13(16)10(8-11)9-17-14(18)6-4-12-2-1-7-19-12/h1-8H,9H2,(H,17,18)/b6-4+. The third-order valence-electron chi connectivity index (χ3n) is 2.40. The van der Waals surface area contributed by atoms with Gasteiger partial charge in [0.05, 0.1) is 6.26 Å². The van der Waals surface area contributed by atoms with Gasteiger partial charge in [0, 0.05) is 22.7 Å². The number of amides is 1. The zero-order valence-corrected chi connectivity index (χ0v) is 11.5. The van der Waals surface area contributed by atoms with Crippen LogP contribution in [0.3, 0.4) is 0 Å². The van der Waals surface area contributed by atoms with Crippen LogP contribution in [0.25, 0.3) is 6.08 Å². The molecule has 2 rings (SSSR count). The molecule has 1 aromatic heterocycles. The highest BCUT2D eigenvalue weighted by Gasteiger charge is 2.04. The van der Waals surface area contributed by atoms with Crippen molar-refractivity contribution in [2.75, 3.05) is 0 Å². The predicted molar refractivity (Wildman–Crippen MR) is 73.7 cm³/mol. The van der Waals surface area contributed by atoms with Crippen LogP contribution in [0.2, 0.25) is 0 Å². The van der Waals surface area contributed by atoms with Crippen molar-refractivity contribution in [1.82, 2.24) is 5.32 Å². The van der Waals surface area contributed by atoms with E-state index in [0.717, 1.165) is 4.47 Å². The van der Waals surface area contributed by atoms with Gasteiger partial charge >= 0.3 is 0 Å². The molecule has 0 atom stereocenters. The van der Waals surface area contributed by atoms with Crippen molar-refractivity contribution in [3.05, 3.63) is 64.3 Å². The summed E-state index contributed by atoms with van der Waals surface area (Å²) in [6.07, 6.45) is 4.41. The maximum absolute atomic E-state index is 13.4. The quantitative estimate of drug-likeness (QED) is 0.875. The van der Waals surface area contributed by atoms with E-state index in [1.807, 2.05) is 0 Å². The van der Waals surface area contributed by atoms with E-state index in [2.05, 4.69) is 21.2 Å². The van der Waals surface area contributed by atoms with Gasteiger partial charge in [0.15, 0.2) is 0 Å². The number of furan rings is 1. The van der Waals surface area contributed by atoms with E-state index in [0.29, 0.717) is 11.3 Å². The van der Waals surface area contributed by atoms with Crippen LogP contribution in [0.4, 0.5) is 4.39 Å². The summed E-state index contributed by atoms with van der Waals surface area (Å²) in [6.45, 7) is 0.132. The average molecular weight is 324 g/mol. The average Bonchev–Trinajstić information content (AvgIpc) is 2.90. The summed E-state index contributed by atoms with van der Waals surface area (Å²) in [5, 5.41) is 2.60. The molecule has 1 N–H and O–H groups in total. The normalized spacial score (nSPS) is 10.8. The van der Waals surface area contributed by atoms with Crippen LogP contribution in [-0.2, 0) is 11.3 Å². The first-order valence-corrected chi connectivity index (χ1v) is 6.38. The van der Waals surface area contributed by atoms with Gasteiger partial charge < -0.3 is 9.73 Å². The van der Waals surface area contributed by atoms with Crippen LogP contribution in [0.15, 0.2) is 51.6 Å². The van der Waals surface area contributed by atoms with Crippen molar-refractivity contribution in [2.45, 2.75) is 6.54 Å². The Labute approximate surface area is 118 Å². The number of hydrogen-bond donors (Lipinski definition) is 1. The molecule has 0 bridgehead atoms. The van der Waals surface area contributed by atoms with Crippen molar-refractivity contribution >= 4 is 27.9 Å². The molecule has 0 fully saturated rings. The molecule has 0 radical (unpaired) electrons. The number of halogens is 2. The van der Waals surface area contributed by atoms with Crippen molar-refractivity contribution in [3.63, 3.8) is 0 Å². The molecule has 0 unspecified atom stereocenters. The van der Waals surface area contributed by atoms with Crippen LogP contribution >= 0.6 is 15.9 Å². The summed E-state index contributed by atoms with van der Waals surface area (Å²) >= 11 is 3.25. The predicted octanol–water partition coefficient (Wildman–Crippen LogP) is 3.51. The fourth-order valence-electron chi connectivity index (χ4n) is 1.46. The molecule has 0 aliphatic heterocycles. The molecule has 0 aliphatic carbocycles. The molecule has 1 heterocycles. The van der Waals surface area contributed by atoms with E-state index >= 15 is 0 Å². The molecule has 1 amide bonds. The smallest absolute Gasteiger partial charge is 0.244 e. The lowest BCUT2D eigenvalue weighted by molar-refractivity contribution is -0.116. The number of carbonyl (C=O) groups excluding carboxylic acids is 1. The molecule has 1 aromatic carbocycles. The minimum absolute atomic E-state index is 0.132. The molecule has 19 heavy (non-hydrogen) atoms. The summed E-state index contributed by atoms with van der Waals surface area (Å²) < 4.78 is 19.2. The first-order chi connectivity index (χ1) is 9.15. The van der Waals surface area contributed by atoms with Gasteiger partial charge in [-0.05, 0) is 36.4 Å². The van der Waals surface area contributed by atoms with Crippen molar-refractivity contribution in [3.8, 4) is 0 Å². The van der Waals surface area contributed by atoms with Gasteiger partial charge in [0.2, 0.25) is 5.91 Å². The number of benzene rings is 1. The van der Waals surface area contributed by atoms with E-state index in [-0.39, 0.29) is 18.3 Å². The Bertz CT molecular complexity index is 593. The highest BCUT2D eigenvalue weighted by molar-refractivity contribution is 9.10. The second-order valence-electron chi connectivity index (χ2n) is 3.80. The van der Waals surface area contributed by atoms with Gasteiger partial charge in [0.1, 0.15) is 11.6 Å². The molecule has 0 aliphatic rings. The molecule has 98 valence electrons. The summed E-state index contributed by atoms with van der Waals surface area (Å²) in [6, 6.07) is 8.06. The van der Waals surface area contributed by atoms with E-state index in [9.17, 15) is 9.18 Å². The molecule has 3 nitrogen and oxygen atoms in total. The topological polar surface area (TPSA) is 42.2 Å². The fourth-order valence-corrected chi connectivity index (χ4v) is 1.87. The molecule has 0 saturated heterocycles. The van der Waals surface area contributed by atoms with E-state index in [1.165, 1.54) is 18.4 Å². The zero-order chi connectivity index (χ0) is 13.7. The Morgan fingerprint density at radius 2 is 2.26 bits per heavy atom. The lowest BCUT2D eigenvalue weighted by Gasteiger charge is -2.04. The summed E-state index contributed by atoms with van der Waals surface area (Å²) in [7, 11) is 0. The number of rotatable bonds is 4. The van der Waals surface area contributed by atoms with Gasteiger partial charge in [-0.3, -0.25) is 4.79 Å². The fraction of sp³-hybridized carbons (Fsp3) is 0.0714. The molecule has 5 heteroatoms. The maximum atomic E-state index is 13.4. The first kappa shape index (κ1) is 13.5. The molecule has 0 spiro atoms. The molecular weight excluding hydrogens is 313 g/mol. The maximum Gasteiger partial charge on any atom is 0.244 e. The lowest BCUT2D eigenvalue weighted by atomic mass is 10.2. The SMILES string of the molecule is O=C(/C=C/c1ccco1)NCc1cc(Br)ccc1F. The van der Waals surface area contributed by atoms with Crippen molar-refractivity contribution < 1.29 is 13.6 Å². The van der Waals surface area contributed by atoms with Gasteiger partial charge in [0.25, 0.3) is 0 Å². The monoisotopic (exact) mass is 323 g/mol. The Balaban J connectivity index is 1.91. The minimum Gasteiger partial charge on any atom is -0.465 e. The van der Waals surface area contributed by atoms with Crippen LogP contribution in [-0.4, -0.2) is 5.91 Å². The third-order valence-corrected chi connectivity index (χ3v) is 2.90. The van der Waals surface area contributed by atoms with Gasteiger partial charge in [-0.25, -0.2) is 4.39 Å². The Morgan fingerprint density at radius 3 is 3.00 bits per heavy atom. The van der Waals surface area contributed by atoms with Gasteiger partial charge in [-0.1, -0.05) is 15.9 Å². The summed E-state index contributed by atoms with van der Waals surface area (Å²) in [5.41, 5.74) is 0.425. The first-order valence-electron chi connectivity index (χ1n) is 5.58. The van der Waals surface area contributed by atoms with Crippen molar-refractivity contribution in [2.24, 2.45) is 0 Å². The van der Waals surface area contributed by atoms with Gasteiger partial charge in [-0.2, -0.15) is 0 Å². The van der Waals surface area contributed by atoms with Crippen LogP contribution in [0, 0.1) is 5.82 Å². The van der Waals surface area contributed by atoms with Crippen LogP contribution in [0.5, 0.6) is 0 Å². The summed E-state index contributed by atoms with van der Waals surface area (Å²) in [5.74, 6) is -0.0712. The van der Waals surface area contributed by atoms with Crippen LogP contribution < -0.4 is 5.32 Å². The Morgan fingerprint density at radius 1 is 1.42 bits per heavy atom. The van der Waals surface area contributed by atoms with Gasteiger partial charge in [-0.15, -0.1) is 0 Å². The second kappa shape index (κ2) is 6.33. The van der Waals surface area contributed by atoms with Crippen molar-refractivity contribution in [1.29, 1.82) is 0 Å². The molecule has 2 aromatic rings. The highest BCUT2D eigenvalue weighted by Crippen LogP contribution is 2.15. The van der Waals surface area contributed by atoms with E-state index in [1.54, 1.807) is 30.3 Å². The third kappa shape index (κ3) is 4.06. The van der Waals surface area contributed by atoms with Crippen LogP contribution in [0.1, 0.15) is 11.3 Å². The second-order valence-corrected chi connectivity index (χ2v) is 4.72. The molecule has 0 saturated carbocycles. The largest absolute Gasteiger partial charge is 0.465 e. The number of nitrogens with one attached hydrogen (secondary N) is 1. The number of carbonyl (C=O) groups is 1. The molecular formula is C14H11BrFNO2. The zero-order valence-electron chi connectivity index (χ0n) is 9.90. The lowest BCUT2D eigenvalue weighted by Crippen LogP contribution is -2.20. The Hall–Kier alpha value is -1.88. The number of hydrogen-bond acceptors (Lipinski definition) is 2. The Kier molecular flexibility index (Phi) is 4.52. The highest BCUT2D eigenvalue weighted by atomic mass is 79.9. The summed E-state index contributed by atoms with van der Waals surface area (Å²) in [4.78, 5) is 11.5.